The second-order valence-electron chi connectivity index (χ2n) is 4.71. The minimum atomic E-state index is -0.676. The molecule has 2 aliphatic rings. The largest absolute Gasteiger partial charge is 0.505 e. The lowest BCUT2D eigenvalue weighted by molar-refractivity contribution is 0.0784. The third-order valence-electron chi connectivity index (χ3n) is 3.45. The highest BCUT2D eigenvalue weighted by atomic mass is 32.1. The lowest BCUT2D eigenvalue weighted by atomic mass is 9.98. The molecule has 1 aliphatic carbocycles. The van der Waals surface area contributed by atoms with E-state index in [2.05, 4.69) is 0 Å². The number of hydrogen-bond donors (Lipinski definition) is 2. The van der Waals surface area contributed by atoms with Gasteiger partial charge in [-0.3, -0.25) is 4.79 Å². The Morgan fingerprint density at radius 3 is 2.85 bits per heavy atom. The normalized spacial score (nSPS) is 21.7. The van der Waals surface area contributed by atoms with Crippen molar-refractivity contribution >= 4 is 17.2 Å². The first-order valence-corrected chi connectivity index (χ1v) is 6.90. The fraction of sp³-hybridized carbons (Fsp3) is 0.214. The molecule has 1 atom stereocenters. The quantitative estimate of drug-likeness (QED) is 0.835. The first-order valence-electron chi connectivity index (χ1n) is 6.09. The minimum Gasteiger partial charge on any atom is -0.505 e. The number of halogens is 1. The van der Waals surface area contributed by atoms with Gasteiger partial charge in [-0.05, 0) is 37.6 Å². The van der Waals surface area contributed by atoms with Crippen molar-refractivity contribution in [1.82, 2.24) is 4.90 Å². The van der Waals surface area contributed by atoms with Crippen molar-refractivity contribution < 1.29 is 19.4 Å². The molecule has 6 heteroatoms. The van der Waals surface area contributed by atoms with Crippen LogP contribution in [0.4, 0.5) is 4.39 Å². The Morgan fingerprint density at radius 1 is 1.45 bits per heavy atom. The number of aliphatic hydroxyl groups is 1. The van der Waals surface area contributed by atoms with Gasteiger partial charge in [-0.2, -0.15) is 0 Å². The summed E-state index contributed by atoms with van der Waals surface area (Å²) in [5.74, 6) is -1.32. The van der Waals surface area contributed by atoms with Crippen molar-refractivity contribution in [2.24, 2.45) is 0 Å². The van der Waals surface area contributed by atoms with Crippen LogP contribution in [0.15, 0.2) is 47.1 Å². The Kier molecular flexibility index (Phi) is 2.90. The van der Waals surface area contributed by atoms with Gasteiger partial charge in [-0.15, -0.1) is 0 Å². The van der Waals surface area contributed by atoms with Crippen LogP contribution in [0, 0.1) is 0 Å². The molecule has 20 heavy (non-hydrogen) atoms. The van der Waals surface area contributed by atoms with E-state index >= 15 is 0 Å². The summed E-state index contributed by atoms with van der Waals surface area (Å²) in [4.78, 5) is 14.4. The van der Waals surface area contributed by atoms with Gasteiger partial charge in [-0.25, -0.2) is 4.39 Å². The summed E-state index contributed by atoms with van der Waals surface area (Å²) in [6.45, 7) is 1.72. The highest BCUT2D eigenvalue weighted by Crippen LogP contribution is 2.38. The third kappa shape index (κ3) is 1.84. The zero-order chi connectivity index (χ0) is 14.4. The SMILES string of the molecule is CC1=CC2=C(F)C(O)=CCC2N1C(=O)c1ccc(O)s1. The summed E-state index contributed by atoms with van der Waals surface area (Å²) in [5, 5.41) is 18.8. The number of thiophene rings is 1. The van der Waals surface area contributed by atoms with Crippen LogP contribution in [-0.4, -0.2) is 27.1 Å². The zero-order valence-corrected chi connectivity index (χ0v) is 11.4. The minimum absolute atomic E-state index is 0.0670. The van der Waals surface area contributed by atoms with E-state index < -0.39 is 11.9 Å². The van der Waals surface area contributed by atoms with Gasteiger partial charge in [0.05, 0.1) is 10.9 Å². The van der Waals surface area contributed by atoms with Crippen molar-refractivity contribution in [3.05, 3.63) is 52.0 Å². The average molecular weight is 293 g/mol. The van der Waals surface area contributed by atoms with Crippen LogP contribution in [0.25, 0.3) is 0 Å². The fourth-order valence-electron chi connectivity index (χ4n) is 2.54. The van der Waals surface area contributed by atoms with Crippen molar-refractivity contribution in [3.8, 4) is 5.06 Å². The number of aromatic hydroxyl groups is 1. The van der Waals surface area contributed by atoms with E-state index in [-0.39, 0.29) is 16.7 Å². The van der Waals surface area contributed by atoms with Gasteiger partial charge in [0.15, 0.2) is 10.9 Å². The van der Waals surface area contributed by atoms with E-state index in [0.29, 0.717) is 22.6 Å². The van der Waals surface area contributed by atoms with E-state index in [1.54, 1.807) is 19.1 Å². The Balaban J connectivity index is 1.97. The Hall–Kier alpha value is -2.08. The molecular weight excluding hydrogens is 281 g/mol. The molecule has 0 bridgehead atoms. The van der Waals surface area contributed by atoms with Crippen molar-refractivity contribution in [2.75, 3.05) is 0 Å². The van der Waals surface area contributed by atoms with E-state index in [9.17, 15) is 19.4 Å². The molecule has 0 fully saturated rings. The predicted molar refractivity (Wildman–Crippen MR) is 73.2 cm³/mol. The second kappa shape index (κ2) is 4.49. The molecule has 104 valence electrons. The Labute approximate surface area is 118 Å². The Morgan fingerprint density at radius 2 is 2.20 bits per heavy atom. The highest BCUT2D eigenvalue weighted by Gasteiger charge is 2.37. The van der Waals surface area contributed by atoms with E-state index in [1.807, 2.05) is 0 Å². The molecule has 0 saturated heterocycles. The van der Waals surface area contributed by atoms with Crippen LogP contribution in [-0.2, 0) is 0 Å². The average Bonchev–Trinajstić information content (AvgIpc) is 2.97. The highest BCUT2D eigenvalue weighted by molar-refractivity contribution is 7.15. The summed E-state index contributed by atoms with van der Waals surface area (Å²) in [6.07, 6.45) is 3.32. The third-order valence-corrected chi connectivity index (χ3v) is 4.33. The van der Waals surface area contributed by atoms with Crippen LogP contribution >= 0.6 is 11.3 Å². The predicted octanol–water partition coefficient (Wildman–Crippen LogP) is 3.25. The number of rotatable bonds is 1. The standard InChI is InChI=1S/C14H12FNO3S/c1-7-6-8-9(2-3-10(17)13(8)15)16(7)14(19)11-4-5-12(18)20-11/h3-6,9,17-18H,2H2,1H3. The maximum atomic E-state index is 13.9. The molecule has 0 radical (unpaired) electrons. The van der Waals surface area contributed by atoms with Gasteiger partial charge in [0.2, 0.25) is 0 Å². The first-order chi connectivity index (χ1) is 9.49. The van der Waals surface area contributed by atoms with Crippen molar-refractivity contribution in [1.29, 1.82) is 0 Å². The molecule has 3 rings (SSSR count). The number of hydrogen-bond acceptors (Lipinski definition) is 4. The number of fused-ring (bicyclic) bond motifs is 1. The molecule has 1 unspecified atom stereocenters. The second-order valence-corrected chi connectivity index (χ2v) is 5.77. The molecule has 0 aromatic carbocycles. The van der Waals surface area contributed by atoms with Gasteiger partial charge < -0.3 is 15.1 Å². The van der Waals surface area contributed by atoms with Gasteiger partial charge in [-0.1, -0.05) is 11.3 Å². The van der Waals surface area contributed by atoms with Crippen molar-refractivity contribution in [2.45, 2.75) is 19.4 Å². The van der Waals surface area contributed by atoms with Gasteiger partial charge in [0.1, 0.15) is 5.76 Å². The van der Waals surface area contributed by atoms with E-state index in [1.165, 1.54) is 17.0 Å². The molecule has 2 N–H and O–H groups in total. The summed E-state index contributed by atoms with van der Waals surface area (Å²) >= 11 is 0.988. The molecule has 1 aromatic heterocycles. The summed E-state index contributed by atoms with van der Waals surface area (Å²) < 4.78 is 13.9. The smallest absolute Gasteiger partial charge is 0.268 e. The maximum Gasteiger partial charge on any atom is 0.268 e. The molecule has 1 aliphatic heterocycles. The molecule has 2 heterocycles. The molecular formula is C14H12FNO3S. The summed E-state index contributed by atoms with van der Waals surface area (Å²) in [7, 11) is 0. The summed E-state index contributed by atoms with van der Waals surface area (Å²) in [6, 6.07) is 2.57. The molecule has 0 spiro atoms. The van der Waals surface area contributed by atoms with Crippen LogP contribution in [0.2, 0.25) is 0 Å². The number of carbonyl (C=O) groups is 1. The monoisotopic (exact) mass is 293 g/mol. The van der Waals surface area contributed by atoms with Crippen LogP contribution in [0.3, 0.4) is 0 Å². The van der Waals surface area contributed by atoms with Gasteiger partial charge in [0, 0.05) is 11.3 Å². The first kappa shape index (κ1) is 12.9. The van der Waals surface area contributed by atoms with Crippen LogP contribution < -0.4 is 0 Å². The maximum absolute atomic E-state index is 13.9. The molecule has 4 nitrogen and oxygen atoms in total. The molecule has 1 amide bonds. The lowest BCUT2D eigenvalue weighted by Crippen LogP contribution is -2.36. The summed E-state index contributed by atoms with van der Waals surface area (Å²) in [5.41, 5.74) is 0.956. The molecule has 1 aromatic rings. The zero-order valence-electron chi connectivity index (χ0n) is 10.6. The van der Waals surface area contributed by atoms with E-state index in [0.717, 1.165) is 11.3 Å². The number of nitrogens with zero attached hydrogens (tertiary/aromatic N) is 1. The number of allylic oxidation sites excluding steroid dienone is 2. The van der Waals surface area contributed by atoms with Crippen LogP contribution in [0.1, 0.15) is 23.0 Å². The van der Waals surface area contributed by atoms with Crippen molar-refractivity contribution in [3.63, 3.8) is 0 Å². The van der Waals surface area contributed by atoms with E-state index in [4.69, 9.17) is 0 Å². The van der Waals surface area contributed by atoms with Crippen LogP contribution in [0.5, 0.6) is 5.06 Å². The number of aliphatic hydroxyl groups excluding tert-OH is 1. The lowest BCUT2D eigenvalue weighted by Gasteiger charge is -2.28. The molecule has 0 saturated carbocycles. The topological polar surface area (TPSA) is 60.8 Å². The van der Waals surface area contributed by atoms with Gasteiger partial charge >= 0.3 is 0 Å². The number of amides is 1. The number of carbonyl (C=O) groups excluding carboxylic acids is 1. The van der Waals surface area contributed by atoms with Gasteiger partial charge in [0.25, 0.3) is 5.91 Å². The Bertz CT molecular complexity index is 686. The fourth-order valence-corrected chi connectivity index (χ4v) is 3.22.